The summed E-state index contributed by atoms with van der Waals surface area (Å²) in [4.78, 5) is 2.54. The van der Waals surface area contributed by atoms with E-state index in [0.29, 0.717) is 12.1 Å². The van der Waals surface area contributed by atoms with Gasteiger partial charge in [0.1, 0.15) is 0 Å². The van der Waals surface area contributed by atoms with Crippen molar-refractivity contribution in [2.45, 2.75) is 45.4 Å². The van der Waals surface area contributed by atoms with Crippen molar-refractivity contribution in [3.05, 3.63) is 0 Å². The Morgan fingerprint density at radius 2 is 2.00 bits per heavy atom. The van der Waals surface area contributed by atoms with Gasteiger partial charge < -0.3 is 10.1 Å². The van der Waals surface area contributed by atoms with Crippen LogP contribution in [0.3, 0.4) is 0 Å². The van der Waals surface area contributed by atoms with E-state index in [-0.39, 0.29) is 5.54 Å². The van der Waals surface area contributed by atoms with E-state index < -0.39 is 0 Å². The van der Waals surface area contributed by atoms with E-state index >= 15 is 0 Å². The molecular weight excluding hydrogens is 176 g/mol. The van der Waals surface area contributed by atoms with E-state index in [9.17, 15) is 0 Å². The van der Waals surface area contributed by atoms with Gasteiger partial charge in [0.05, 0.1) is 6.10 Å². The third-order valence-electron chi connectivity index (χ3n) is 3.41. The summed E-state index contributed by atoms with van der Waals surface area (Å²) < 4.78 is 5.40. The first-order valence-corrected chi connectivity index (χ1v) is 5.49. The monoisotopic (exact) mass is 200 g/mol. The van der Waals surface area contributed by atoms with Gasteiger partial charge in [0.2, 0.25) is 0 Å². The third-order valence-corrected chi connectivity index (χ3v) is 3.41. The van der Waals surface area contributed by atoms with Crippen LogP contribution in [0.25, 0.3) is 0 Å². The van der Waals surface area contributed by atoms with E-state index in [2.05, 4.69) is 37.9 Å². The Morgan fingerprint density at radius 1 is 1.36 bits per heavy atom. The fourth-order valence-corrected chi connectivity index (χ4v) is 2.20. The molecule has 1 N–H and O–H groups in total. The molecule has 1 heterocycles. The Bertz CT molecular complexity index is 182. The number of nitrogens with zero attached hydrogens (tertiary/aromatic N) is 1. The number of ether oxygens (including phenoxy) is 1. The lowest BCUT2D eigenvalue weighted by Crippen LogP contribution is -2.62. The van der Waals surface area contributed by atoms with E-state index in [0.717, 1.165) is 19.6 Å². The molecule has 14 heavy (non-hydrogen) atoms. The molecule has 3 heteroatoms. The predicted octanol–water partition coefficient (Wildman–Crippen LogP) is 1.09. The van der Waals surface area contributed by atoms with Crippen LogP contribution in [0.15, 0.2) is 0 Å². The van der Waals surface area contributed by atoms with Crippen LogP contribution in [0.2, 0.25) is 0 Å². The first-order chi connectivity index (χ1) is 6.49. The van der Waals surface area contributed by atoms with Crippen molar-refractivity contribution in [1.29, 1.82) is 0 Å². The molecule has 2 atom stereocenters. The van der Waals surface area contributed by atoms with Crippen molar-refractivity contribution in [2.75, 3.05) is 26.7 Å². The number of methoxy groups -OCH3 is 1. The summed E-state index contributed by atoms with van der Waals surface area (Å²) in [6, 6.07) is 0.483. The van der Waals surface area contributed by atoms with Crippen LogP contribution in [0.4, 0.5) is 0 Å². The summed E-state index contributed by atoms with van der Waals surface area (Å²) in [5.41, 5.74) is 0.241. The molecule has 0 bridgehead atoms. The van der Waals surface area contributed by atoms with E-state index in [1.807, 2.05) is 0 Å². The molecule has 1 aliphatic rings. The number of piperazine rings is 1. The maximum Gasteiger partial charge on any atom is 0.0695 e. The summed E-state index contributed by atoms with van der Waals surface area (Å²) >= 11 is 0. The van der Waals surface area contributed by atoms with Crippen LogP contribution in [0.1, 0.15) is 27.7 Å². The molecule has 1 saturated heterocycles. The smallest absolute Gasteiger partial charge is 0.0695 e. The van der Waals surface area contributed by atoms with Crippen LogP contribution in [-0.2, 0) is 4.74 Å². The first-order valence-electron chi connectivity index (χ1n) is 5.49. The Hall–Kier alpha value is -0.120. The third kappa shape index (κ3) is 2.47. The molecule has 0 saturated carbocycles. The molecule has 84 valence electrons. The average molecular weight is 200 g/mol. The van der Waals surface area contributed by atoms with Crippen molar-refractivity contribution < 1.29 is 4.74 Å². The van der Waals surface area contributed by atoms with Crippen LogP contribution >= 0.6 is 0 Å². The first kappa shape index (κ1) is 12.0. The Morgan fingerprint density at radius 3 is 2.50 bits per heavy atom. The number of hydrogen-bond acceptors (Lipinski definition) is 3. The predicted molar refractivity (Wildman–Crippen MR) is 59.6 cm³/mol. The molecule has 0 radical (unpaired) electrons. The molecule has 0 spiro atoms. The molecule has 0 aromatic heterocycles. The summed E-state index contributed by atoms with van der Waals surface area (Å²) in [5.74, 6) is 0. The van der Waals surface area contributed by atoms with Gasteiger partial charge in [0.15, 0.2) is 0 Å². The highest BCUT2D eigenvalue weighted by atomic mass is 16.5. The molecule has 1 aliphatic heterocycles. The zero-order chi connectivity index (χ0) is 10.8. The van der Waals surface area contributed by atoms with Crippen molar-refractivity contribution in [1.82, 2.24) is 10.2 Å². The highest BCUT2D eigenvalue weighted by Crippen LogP contribution is 2.21. The second kappa shape index (κ2) is 4.60. The number of rotatable bonds is 3. The van der Waals surface area contributed by atoms with Crippen molar-refractivity contribution in [3.8, 4) is 0 Å². The van der Waals surface area contributed by atoms with Gasteiger partial charge in [-0.05, 0) is 27.7 Å². The highest BCUT2D eigenvalue weighted by Gasteiger charge is 2.34. The van der Waals surface area contributed by atoms with Gasteiger partial charge in [-0.25, -0.2) is 0 Å². The minimum absolute atomic E-state index is 0.241. The van der Waals surface area contributed by atoms with Crippen LogP contribution in [0, 0.1) is 0 Å². The quantitative estimate of drug-likeness (QED) is 0.738. The molecule has 1 fully saturated rings. The van der Waals surface area contributed by atoms with E-state index in [1.165, 1.54) is 0 Å². The molecular formula is C11H24N2O. The SMILES string of the molecule is COC(C)C(C)N1CCNCC1(C)C. The standard InChI is InChI=1S/C11H24N2O/c1-9(10(2)14-5)13-7-6-12-8-11(13,3)4/h9-10,12H,6-8H2,1-5H3. The lowest BCUT2D eigenvalue weighted by atomic mass is 9.96. The zero-order valence-electron chi connectivity index (χ0n) is 10.1. The largest absolute Gasteiger partial charge is 0.380 e. The van der Waals surface area contributed by atoms with Crippen molar-refractivity contribution >= 4 is 0 Å². The maximum absolute atomic E-state index is 5.40. The number of hydrogen-bond donors (Lipinski definition) is 1. The van der Waals surface area contributed by atoms with E-state index in [4.69, 9.17) is 4.74 Å². The summed E-state index contributed by atoms with van der Waals surface area (Å²) in [6.07, 6.45) is 0.298. The van der Waals surface area contributed by atoms with Gasteiger partial charge in [-0.2, -0.15) is 0 Å². The van der Waals surface area contributed by atoms with Crippen molar-refractivity contribution in [3.63, 3.8) is 0 Å². The Labute approximate surface area is 87.8 Å². The van der Waals surface area contributed by atoms with E-state index in [1.54, 1.807) is 7.11 Å². The second-order valence-electron chi connectivity index (χ2n) is 4.86. The van der Waals surface area contributed by atoms with Gasteiger partial charge in [0, 0.05) is 38.3 Å². The number of nitrogens with one attached hydrogen (secondary N) is 1. The van der Waals surface area contributed by atoms with Crippen LogP contribution in [0.5, 0.6) is 0 Å². The lowest BCUT2D eigenvalue weighted by molar-refractivity contribution is -0.0232. The zero-order valence-corrected chi connectivity index (χ0v) is 10.1. The normalized spacial score (nSPS) is 27.2. The maximum atomic E-state index is 5.40. The van der Waals surface area contributed by atoms with Gasteiger partial charge in [-0.15, -0.1) is 0 Å². The Kier molecular flexibility index (Phi) is 3.93. The minimum Gasteiger partial charge on any atom is -0.380 e. The fourth-order valence-electron chi connectivity index (χ4n) is 2.20. The molecule has 2 unspecified atom stereocenters. The highest BCUT2D eigenvalue weighted by molar-refractivity contribution is 4.92. The summed E-state index contributed by atoms with van der Waals surface area (Å²) in [6.45, 7) is 12.2. The molecule has 3 nitrogen and oxygen atoms in total. The molecule has 0 amide bonds. The second-order valence-corrected chi connectivity index (χ2v) is 4.86. The molecule has 0 aromatic rings. The molecule has 0 aromatic carbocycles. The van der Waals surface area contributed by atoms with Crippen LogP contribution in [-0.4, -0.2) is 49.3 Å². The fraction of sp³-hybridized carbons (Fsp3) is 1.00. The van der Waals surface area contributed by atoms with Crippen LogP contribution < -0.4 is 5.32 Å². The van der Waals surface area contributed by atoms with Gasteiger partial charge in [-0.1, -0.05) is 0 Å². The Balaban J connectivity index is 2.64. The average Bonchev–Trinajstić information content (AvgIpc) is 2.15. The molecule has 1 rings (SSSR count). The summed E-state index contributed by atoms with van der Waals surface area (Å²) in [7, 11) is 1.79. The van der Waals surface area contributed by atoms with Gasteiger partial charge >= 0.3 is 0 Å². The topological polar surface area (TPSA) is 24.5 Å². The lowest BCUT2D eigenvalue weighted by Gasteiger charge is -2.47. The minimum atomic E-state index is 0.241. The summed E-state index contributed by atoms with van der Waals surface area (Å²) in [5, 5.41) is 3.43. The van der Waals surface area contributed by atoms with Gasteiger partial charge in [-0.3, -0.25) is 4.90 Å². The molecule has 0 aliphatic carbocycles. The van der Waals surface area contributed by atoms with Crippen molar-refractivity contribution in [2.24, 2.45) is 0 Å². The van der Waals surface area contributed by atoms with Gasteiger partial charge in [0.25, 0.3) is 0 Å².